The van der Waals surface area contributed by atoms with Crippen LogP contribution >= 0.6 is 0 Å². The van der Waals surface area contributed by atoms with Crippen molar-refractivity contribution in [3.05, 3.63) is 59.9 Å². The first-order chi connectivity index (χ1) is 14.1. The first kappa shape index (κ1) is 22.9. The molecule has 3 N–H and O–H groups in total. The van der Waals surface area contributed by atoms with E-state index < -0.39 is 17.5 Å². The molecule has 0 radical (unpaired) electrons. The zero-order chi connectivity index (χ0) is 22.1. The van der Waals surface area contributed by atoms with Gasteiger partial charge in [-0.05, 0) is 56.7 Å². The van der Waals surface area contributed by atoms with Gasteiger partial charge in [0.05, 0.1) is 6.42 Å². The van der Waals surface area contributed by atoms with Gasteiger partial charge in [-0.25, -0.2) is 9.18 Å². The van der Waals surface area contributed by atoms with Gasteiger partial charge < -0.3 is 20.7 Å². The highest BCUT2D eigenvalue weighted by Crippen LogP contribution is 2.15. The van der Waals surface area contributed by atoms with Crippen molar-refractivity contribution in [2.45, 2.75) is 39.2 Å². The van der Waals surface area contributed by atoms with Gasteiger partial charge in [-0.2, -0.15) is 0 Å². The number of amides is 3. The second-order valence-corrected chi connectivity index (χ2v) is 7.62. The van der Waals surface area contributed by atoms with E-state index in [9.17, 15) is 18.8 Å². The summed E-state index contributed by atoms with van der Waals surface area (Å²) in [6.07, 6.45) is -0.568. The van der Waals surface area contributed by atoms with E-state index in [-0.39, 0.29) is 31.2 Å². The Kier molecular flexibility index (Phi) is 7.91. The van der Waals surface area contributed by atoms with Gasteiger partial charge >= 0.3 is 6.09 Å². The summed E-state index contributed by atoms with van der Waals surface area (Å²) in [4.78, 5) is 35.6. The van der Waals surface area contributed by atoms with Crippen molar-refractivity contribution >= 4 is 29.3 Å². The highest BCUT2D eigenvalue weighted by molar-refractivity contribution is 5.94. The first-order valence-electron chi connectivity index (χ1n) is 9.52. The van der Waals surface area contributed by atoms with E-state index in [2.05, 4.69) is 16.0 Å². The molecule has 0 fully saturated rings. The minimum absolute atomic E-state index is 0.0736. The predicted octanol–water partition coefficient (Wildman–Crippen LogP) is 3.86. The molecule has 3 amide bonds. The van der Waals surface area contributed by atoms with Crippen LogP contribution in [0.2, 0.25) is 0 Å². The number of halogens is 1. The third-order valence-electron chi connectivity index (χ3n) is 3.78. The van der Waals surface area contributed by atoms with Crippen LogP contribution in [-0.4, -0.2) is 30.1 Å². The molecule has 160 valence electrons. The van der Waals surface area contributed by atoms with Crippen molar-refractivity contribution in [3.63, 3.8) is 0 Å². The van der Waals surface area contributed by atoms with Crippen LogP contribution in [0.25, 0.3) is 0 Å². The summed E-state index contributed by atoms with van der Waals surface area (Å²) in [5.41, 5.74) is 0.794. The maximum Gasteiger partial charge on any atom is 0.407 e. The summed E-state index contributed by atoms with van der Waals surface area (Å²) in [7, 11) is 0. The molecule has 0 aromatic heterocycles. The van der Waals surface area contributed by atoms with Gasteiger partial charge in [-0.3, -0.25) is 9.59 Å². The monoisotopic (exact) mass is 415 g/mol. The zero-order valence-electron chi connectivity index (χ0n) is 17.3. The molecular formula is C22H26FN3O4. The number of carbonyl (C=O) groups excluding carboxylic acids is 3. The summed E-state index contributed by atoms with van der Waals surface area (Å²) >= 11 is 0. The van der Waals surface area contributed by atoms with Crippen LogP contribution < -0.4 is 16.0 Å². The predicted molar refractivity (Wildman–Crippen MR) is 113 cm³/mol. The van der Waals surface area contributed by atoms with Gasteiger partial charge in [0, 0.05) is 24.3 Å². The maximum absolute atomic E-state index is 13.6. The normalized spacial score (nSPS) is 10.8. The third kappa shape index (κ3) is 8.30. The van der Waals surface area contributed by atoms with Crippen LogP contribution in [0.3, 0.4) is 0 Å². The summed E-state index contributed by atoms with van der Waals surface area (Å²) in [5.74, 6) is -1.04. The smallest absolute Gasteiger partial charge is 0.407 e. The lowest BCUT2D eigenvalue weighted by Gasteiger charge is -2.19. The molecule has 2 aromatic carbocycles. The van der Waals surface area contributed by atoms with Gasteiger partial charge in [0.1, 0.15) is 11.4 Å². The van der Waals surface area contributed by atoms with Gasteiger partial charge in [0.2, 0.25) is 11.8 Å². The molecule has 2 rings (SSSR count). The number of rotatable bonds is 7. The molecule has 0 atom stereocenters. The quantitative estimate of drug-likeness (QED) is 0.640. The SMILES string of the molecule is CC(C)(C)OC(=O)NCCC(=O)Nc1ccc(NC(=O)Cc2ccccc2F)cc1. The Hall–Kier alpha value is -3.42. The third-order valence-corrected chi connectivity index (χ3v) is 3.78. The van der Waals surface area contributed by atoms with Crippen LogP contribution in [0.4, 0.5) is 20.6 Å². The lowest BCUT2D eigenvalue weighted by Crippen LogP contribution is -2.34. The number of hydrogen-bond acceptors (Lipinski definition) is 4. The van der Waals surface area contributed by atoms with Gasteiger partial charge in [0.25, 0.3) is 0 Å². The summed E-state index contributed by atoms with van der Waals surface area (Å²) in [6, 6.07) is 12.6. The molecule has 0 unspecified atom stereocenters. The van der Waals surface area contributed by atoms with Gasteiger partial charge in [0.15, 0.2) is 0 Å². The van der Waals surface area contributed by atoms with E-state index in [1.54, 1.807) is 63.2 Å². The Labute approximate surface area is 175 Å². The zero-order valence-corrected chi connectivity index (χ0v) is 17.3. The Morgan fingerprint density at radius 3 is 2.03 bits per heavy atom. The van der Waals surface area contributed by atoms with E-state index in [1.165, 1.54) is 6.07 Å². The number of ether oxygens (including phenoxy) is 1. The molecule has 0 heterocycles. The number of alkyl carbamates (subject to hydrolysis) is 1. The first-order valence-corrected chi connectivity index (χ1v) is 9.52. The summed E-state index contributed by atoms with van der Waals surface area (Å²) in [5, 5.41) is 7.90. The second-order valence-electron chi connectivity index (χ2n) is 7.62. The number of carbonyl (C=O) groups is 3. The van der Waals surface area contributed by atoms with Crippen molar-refractivity contribution in [2.75, 3.05) is 17.2 Å². The average molecular weight is 415 g/mol. The number of benzene rings is 2. The van der Waals surface area contributed by atoms with Crippen molar-refractivity contribution < 1.29 is 23.5 Å². The van der Waals surface area contributed by atoms with Crippen LogP contribution in [0.15, 0.2) is 48.5 Å². The Balaban J connectivity index is 1.76. The molecule has 7 nitrogen and oxygen atoms in total. The van der Waals surface area contributed by atoms with Crippen LogP contribution in [0.5, 0.6) is 0 Å². The van der Waals surface area contributed by atoms with Crippen LogP contribution in [0, 0.1) is 5.82 Å². The Bertz CT molecular complexity index is 892. The standard InChI is InChI=1S/C22H26FN3O4/c1-22(2,3)30-21(29)24-13-12-19(27)25-16-8-10-17(11-9-16)26-20(28)14-15-6-4-5-7-18(15)23/h4-11H,12-14H2,1-3H3,(H,24,29)(H,25,27)(H,26,28). The molecule has 0 bridgehead atoms. The summed E-state index contributed by atoms with van der Waals surface area (Å²) in [6.45, 7) is 5.41. The lowest BCUT2D eigenvalue weighted by molar-refractivity contribution is -0.116. The lowest BCUT2D eigenvalue weighted by atomic mass is 10.1. The topological polar surface area (TPSA) is 96.5 Å². The van der Waals surface area contributed by atoms with E-state index in [0.717, 1.165) is 0 Å². The molecule has 0 aliphatic rings. The van der Waals surface area contributed by atoms with Crippen molar-refractivity contribution in [1.29, 1.82) is 0 Å². The summed E-state index contributed by atoms with van der Waals surface area (Å²) < 4.78 is 18.7. The average Bonchev–Trinajstić information content (AvgIpc) is 2.64. The fraction of sp³-hybridized carbons (Fsp3) is 0.318. The Morgan fingerprint density at radius 2 is 1.47 bits per heavy atom. The minimum atomic E-state index is -0.598. The van der Waals surface area contributed by atoms with E-state index >= 15 is 0 Å². The molecule has 0 spiro atoms. The van der Waals surface area contributed by atoms with E-state index in [0.29, 0.717) is 16.9 Å². The largest absolute Gasteiger partial charge is 0.444 e. The van der Waals surface area contributed by atoms with Crippen LogP contribution in [0.1, 0.15) is 32.8 Å². The maximum atomic E-state index is 13.6. The minimum Gasteiger partial charge on any atom is -0.444 e. The number of anilines is 2. The van der Waals surface area contributed by atoms with Crippen molar-refractivity contribution in [3.8, 4) is 0 Å². The molecule has 2 aromatic rings. The number of hydrogen-bond donors (Lipinski definition) is 3. The highest BCUT2D eigenvalue weighted by Gasteiger charge is 2.16. The molecule has 0 aliphatic carbocycles. The van der Waals surface area contributed by atoms with Gasteiger partial charge in [-0.1, -0.05) is 18.2 Å². The van der Waals surface area contributed by atoms with Crippen molar-refractivity contribution in [1.82, 2.24) is 5.32 Å². The van der Waals surface area contributed by atoms with Gasteiger partial charge in [-0.15, -0.1) is 0 Å². The van der Waals surface area contributed by atoms with E-state index in [4.69, 9.17) is 4.74 Å². The van der Waals surface area contributed by atoms with E-state index in [1.807, 2.05) is 0 Å². The number of nitrogens with one attached hydrogen (secondary N) is 3. The second kappa shape index (κ2) is 10.4. The fourth-order valence-corrected chi connectivity index (χ4v) is 2.47. The molecule has 0 saturated carbocycles. The highest BCUT2D eigenvalue weighted by atomic mass is 19.1. The molecule has 0 aliphatic heterocycles. The molecular weight excluding hydrogens is 389 g/mol. The molecule has 30 heavy (non-hydrogen) atoms. The Morgan fingerprint density at radius 1 is 0.900 bits per heavy atom. The molecule has 8 heteroatoms. The molecule has 0 saturated heterocycles. The van der Waals surface area contributed by atoms with Crippen molar-refractivity contribution in [2.24, 2.45) is 0 Å². The van der Waals surface area contributed by atoms with Crippen LogP contribution in [-0.2, 0) is 20.7 Å². The fourth-order valence-electron chi connectivity index (χ4n) is 2.47.